The minimum Gasteiger partial charge on any atom is -0.370 e. The van der Waals surface area contributed by atoms with Crippen LogP contribution in [0.1, 0.15) is 11.6 Å². The van der Waals surface area contributed by atoms with Gasteiger partial charge in [0, 0.05) is 24.7 Å². The summed E-state index contributed by atoms with van der Waals surface area (Å²) < 4.78 is 18.4. The number of nitrogens with one attached hydrogen (secondary N) is 2. The normalized spacial score (nSPS) is 11.1. The molecule has 0 aliphatic carbocycles. The summed E-state index contributed by atoms with van der Waals surface area (Å²) in [6, 6.07) is 8.17. The Balaban J connectivity index is 1.42. The van der Waals surface area contributed by atoms with Crippen LogP contribution in [-0.4, -0.2) is 31.6 Å². The van der Waals surface area contributed by atoms with E-state index in [-0.39, 0.29) is 5.82 Å². The summed E-state index contributed by atoms with van der Waals surface area (Å²) in [7, 11) is 0. The molecule has 0 aliphatic rings. The van der Waals surface area contributed by atoms with Crippen molar-refractivity contribution in [1.29, 1.82) is 0 Å². The molecule has 25 heavy (non-hydrogen) atoms. The zero-order chi connectivity index (χ0) is 17.2. The molecule has 7 nitrogen and oxygen atoms in total. The van der Waals surface area contributed by atoms with Crippen LogP contribution >= 0.6 is 0 Å². The number of benzene rings is 1. The predicted octanol–water partition coefficient (Wildman–Crippen LogP) is 3.11. The number of nitrogens with zero attached hydrogens (tertiary/aromatic N) is 4. The zero-order valence-corrected chi connectivity index (χ0v) is 13.5. The number of aromatic nitrogens is 5. The van der Waals surface area contributed by atoms with E-state index in [4.69, 9.17) is 4.52 Å². The van der Waals surface area contributed by atoms with Crippen LogP contribution in [0.2, 0.25) is 0 Å². The summed E-state index contributed by atoms with van der Waals surface area (Å²) in [4.78, 5) is 16.0. The molecule has 0 unspecified atom stereocenters. The quantitative estimate of drug-likeness (QED) is 0.581. The van der Waals surface area contributed by atoms with Crippen LogP contribution in [-0.2, 0) is 6.42 Å². The summed E-state index contributed by atoms with van der Waals surface area (Å²) in [6.07, 6.45) is 2.34. The first-order valence-corrected chi connectivity index (χ1v) is 7.82. The van der Waals surface area contributed by atoms with Gasteiger partial charge in [0.05, 0.1) is 11.0 Å². The van der Waals surface area contributed by atoms with Gasteiger partial charge in [0.2, 0.25) is 0 Å². The first-order chi connectivity index (χ1) is 12.2. The van der Waals surface area contributed by atoms with Crippen molar-refractivity contribution in [3.63, 3.8) is 0 Å². The van der Waals surface area contributed by atoms with Gasteiger partial charge in [0.15, 0.2) is 5.82 Å². The van der Waals surface area contributed by atoms with Crippen LogP contribution in [0, 0.1) is 12.7 Å². The number of hydrogen-bond donors (Lipinski definition) is 2. The molecular formula is C17H15FN6O. The number of hydrogen-bond acceptors (Lipinski definition) is 6. The van der Waals surface area contributed by atoms with Crippen LogP contribution < -0.4 is 5.32 Å². The maximum absolute atomic E-state index is 13.2. The van der Waals surface area contributed by atoms with Gasteiger partial charge in [-0.25, -0.2) is 14.4 Å². The number of fused-ring (bicyclic) bond motifs is 1. The fourth-order valence-electron chi connectivity index (χ4n) is 2.54. The molecule has 126 valence electrons. The fourth-order valence-corrected chi connectivity index (χ4v) is 2.54. The van der Waals surface area contributed by atoms with Gasteiger partial charge in [-0.2, -0.15) is 4.98 Å². The number of H-pyrrole nitrogens is 1. The van der Waals surface area contributed by atoms with Gasteiger partial charge in [-0.05, 0) is 37.3 Å². The van der Waals surface area contributed by atoms with Crippen LogP contribution in [0.5, 0.6) is 0 Å². The summed E-state index contributed by atoms with van der Waals surface area (Å²) in [5.74, 6) is 2.26. The summed E-state index contributed by atoms with van der Waals surface area (Å²) in [5, 5.41) is 7.02. The maximum atomic E-state index is 13.2. The highest BCUT2D eigenvalue weighted by molar-refractivity contribution is 5.74. The molecule has 0 bridgehead atoms. The van der Waals surface area contributed by atoms with Gasteiger partial charge in [0.1, 0.15) is 17.5 Å². The highest BCUT2D eigenvalue weighted by Crippen LogP contribution is 2.19. The van der Waals surface area contributed by atoms with Crippen LogP contribution in [0.4, 0.5) is 10.2 Å². The number of anilines is 1. The first kappa shape index (κ1) is 15.3. The number of aryl methyl sites for hydroxylation is 1. The second-order valence-corrected chi connectivity index (χ2v) is 5.60. The van der Waals surface area contributed by atoms with Crippen LogP contribution in [0.25, 0.3) is 22.5 Å². The van der Waals surface area contributed by atoms with Gasteiger partial charge >= 0.3 is 0 Å². The average Bonchev–Trinajstić information content (AvgIpc) is 3.20. The Labute approximate surface area is 142 Å². The third kappa shape index (κ3) is 3.32. The van der Waals surface area contributed by atoms with Gasteiger partial charge in [-0.15, -0.1) is 0 Å². The lowest BCUT2D eigenvalue weighted by molar-refractivity contribution is 0.425. The lowest BCUT2D eigenvalue weighted by Gasteiger charge is -2.04. The molecule has 0 saturated carbocycles. The predicted molar refractivity (Wildman–Crippen MR) is 90.5 cm³/mol. The Morgan fingerprint density at radius 1 is 1.20 bits per heavy atom. The van der Waals surface area contributed by atoms with Crippen molar-refractivity contribution in [2.75, 3.05) is 11.9 Å². The molecule has 0 spiro atoms. The number of rotatable bonds is 5. The fraction of sp³-hybridized carbons (Fsp3) is 0.176. The first-order valence-electron chi connectivity index (χ1n) is 7.82. The second kappa shape index (κ2) is 6.31. The van der Waals surface area contributed by atoms with Crippen molar-refractivity contribution in [3.05, 3.63) is 54.0 Å². The number of halogens is 1. The van der Waals surface area contributed by atoms with Crippen LogP contribution in [0.15, 0.2) is 41.1 Å². The van der Waals surface area contributed by atoms with E-state index in [1.807, 2.05) is 12.1 Å². The molecule has 2 N–H and O–H groups in total. The average molecular weight is 338 g/mol. The molecule has 0 aliphatic heterocycles. The van der Waals surface area contributed by atoms with E-state index >= 15 is 0 Å². The molecule has 3 aromatic heterocycles. The molecule has 0 amide bonds. The molecule has 8 heteroatoms. The highest BCUT2D eigenvalue weighted by Gasteiger charge is 2.08. The third-order valence-electron chi connectivity index (χ3n) is 3.70. The Hall–Kier alpha value is -3.29. The van der Waals surface area contributed by atoms with Crippen molar-refractivity contribution >= 4 is 16.9 Å². The largest absolute Gasteiger partial charge is 0.370 e. The summed E-state index contributed by atoms with van der Waals surface area (Å²) in [6.45, 7) is 2.40. The minimum atomic E-state index is -0.280. The number of aromatic amines is 1. The molecule has 0 radical (unpaired) electrons. The third-order valence-corrected chi connectivity index (χ3v) is 3.70. The Kier molecular flexibility index (Phi) is 3.85. The van der Waals surface area contributed by atoms with Gasteiger partial charge in [0.25, 0.3) is 5.89 Å². The van der Waals surface area contributed by atoms with Crippen LogP contribution in [0.3, 0.4) is 0 Å². The van der Waals surface area contributed by atoms with E-state index < -0.39 is 0 Å². The molecule has 4 aromatic rings. The maximum Gasteiger partial charge on any atom is 0.258 e. The van der Waals surface area contributed by atoms with Crippen molar-refractivity contribution in [2.24, 2.45) is 0 Å². The molecule has 1 aromatic carbocycles. The molecule has 3 heterocycles. The standard InChI is InChI=1S/C17H15FN6O/c1-10-21-17(25-24-10)11-4-6-19-16(8-11)20-7-5-15-22-13-3-2-12(18)9-14(13)23-15/h2-4,6,8-9H,5,7H2,1H3,(H,19,20)(H,22,23). The Bertz CT molecular complexity index is 1020. The lowest BCUT2D eigenvalue weighted by atomic mass is 10.2. The van der Waals surface area contributed by atoms with Crippen molar-refractivity contribution in [3.8, 4) is 11.5 Å². The van der Waals surface area contributed by atoms with E-state index in [9.17, 15) is 4.39 Å². The van der Waals surface area contributed by atoms with Gasteiger partial charge in [-0.1, -0.05) is 5.16 Å². The van der Waals surface area contributed by atoms with Crippen molar-refractivity contribution in [1.82, 2.24) is 25.1 Å². The number of imidazole rings is 1. The molecule has 0 atom stereocenters. The topological polar surface area (TPSA) is 92.5 Å². The molecular weight excluding hydrogens is 323 g/mol. The Morgan fingerprint density at radius 3 is 2.96 bits per heavy atom. The molecule has 0 fully saturated rings. The van der Waals surface area contributed by atoms with E-state index in [0.717, 1.165) is 16.9 Å². The van der Waals surface area contributed by atoms with Gasteiger partial charge in [-0.3, -0.25) is 0 Å². The monoisotopic (exact) mass is 338 g/mol. The summed E-state index contributed by atoms with van der Waals surface area (Å²) >= 11 is 0. The minimum absolute atomic E-state index is 0.280. The van der Waals surface area contributed by atoms with E-state index in [2.05, 4.69) is 30.4 Å². The van der Waals surface area contributed by atoms with E-state index in [1.165, 1.54) is 12.1 Å². The smallest absolute Gasteiger partial charge is 0.258 e. The lowest BCUT2D eigenvalue weighted by Crippen LogP contribution is -2.07. The van der Waals surface area contributed by atoms with Gasteiger partial charge < -0.3 is 14.8 Å². The Morgan fingerprint density at radius 2 is 2.12 bits per heavy atom. The van der Waals surface area contributed by atoms with E-state index in [0.29, 0.717) is 36.0 Å². The second-order valence-electron chi connectivity index (χ2n) is 5.60. The molecule has 0 saturated heterocycles. The number of pyridine rings is 1. The zero-order valence-electron chi connectivity index (χ0n) is 13.5. The SMILES string of the molecule is Cc1noc(-c2ccnc(NCCc3nc4ccc(F)cc4[nH]3)c2)n1. The highest BCUT2D eigenvalue weighted by atomic mass is 19.1. The van der Waals surface area contributed by atoms with Crippen molar-refractivity contribution in [2.45, 2.75) is 13.3 Å². The molecule has 4 rings (SSSR count). The van der Waals surface area contributed by atoms with E-state index in [1.54, 1.807) is 19.2 Å². The summed E-state index contributed by atoms with van der Waals surface area (Å²) in [5.41, 5.74) is 2.25. The van der Waals surface area contributed by atoms with Crippen molar-refractivity contribution < 1.29 is 8.91 Å².